The molecule has 5 heteroatoms. The first-order valence-electron chi connectivity index (χ1n) is 11.4. The van der Waals surface area contributed by atoms with Crippen LogP contribution in [0.4, 0.5) is 0 Å². The number of carbonyl (C=O) groups excluding carboxylic acids is 2. The zero-order chi connectivity index (χ0) is 24.1. The number of rotatable bonds is 7. The number of esters is 1. The fourth-order valence-corrected chi connectivity index (χ4v) is 4.07. The molecule has 1 aromatic heterocycles. The van der Waals surface area contributed by atoms with Gasteiger partial charge in [-0.3, -0.25) is 4.79 Å². The van der Waals surface area contributed by atoms with E-state index in [4.69, 9.17) is 4.74 Å². The fourth-order valence-electron chi connectivity index (χ4n) is 4.07. The zero-order valence-corrected chi connectivity index (χ0v) is 19.6. The maximum absolute atomic E-state index is 13.1. The van der Waals surface area contributed by atoms with E-state index in [2.05, 4.69) is 5.32 Å². The maximum Gasteiger partial charge on any atom is 0.339 e. The minimum absolute atomic E-state index is 0.124. The molecule has 4 aromatic rings. The Bertz CT molecular complexity index is 1290. The van der Waals surface area contributed by atoms with E-state index >= 15 is 0 Å². The van der Waals surface area contributed by atoms with Crippen molar-refractivity contribution in [2.24, 2.45) is 0 Å². The molecule has 1 atom stereocenters. The number of nitrogens with zero attached hydrogens (tertiary/aromatic N) is 1. The van der Waals surface area contributed by atoms with Gasteiger partial charge in [0.15, 0.2) is 0 Å². The molecule has 0 aliphatic heterocycles. The predicted molar refractivity (Wildman–Crippen MR) is 134 cm³/mol. The Morgan fingerprint density at radius 3 is 2.26 bits per heavy atom. The summed E-state index contributed by atoms with van der Waals surface area (Å²) in [7, 11) is 0. The highest BCUT2D eigenvalue weighted by Crippen LogP contribution is 2.30. The lowest BCUT2D eigenvalue weighted by Gasteiger charge is -2.16. The molecule has 172 valence electrons. The summed E-state index contributed by atoms with van der Waals surface area (Å²) in [6, 6.07) is 28.9. The number of nitrogens with one attached hydrogen (secondary N) is 1. The summed E-state index contributed by atoms with van der Waals surface area (Å²) in [5.41, 5.74) is 5.47. The highest BCUT2D eigenvalue weighted by atomic mass is 16.5. The second kappa shape index (κ2) is 10.2. The van der Waals surface area contributed by atoms with Gasteiger partial charge in [-0.05, 0) is 56.2 Å². The Morgan fingerprint density at radius 2 is 1.59 bits per heavy atom. The molecular weight excluding hydrogens is 424 g/mol. The molecule has 0 fully saturated rings. The lowest BCUT2D eigenvalue weighted by atomic mass is 10.1. The van der Waals surface area contributed by atoms with Gasteiger partial charge in [0.05, 0.1) is 23.9 Å². The molecule has 0 radical (unpaired) electrons. The van der Waals surface area contributed by atoms with Crippen molar-refractivity contribution in [2.75, 3.05) is 6.61 Å². The van der Waals surface area contributed by atoms with Crippen molar-refractivity contribution in [3.05, 3.63) is 113 Å². The molecule has 3 aromatic carbocycles. The van der Waals surface area contributed by atoms with Gasteiger partial charge in [-0.2, -0.15) is 0 Å². The molecule has 5 nitrogen and oxygen atoms in total. The Balaban J connectivity index is 1.72. The quantitative estimate of drug-likeness (QED) is 0.344. The lowest BCUT2D eigenvalue weighted by molar-refractivity contribution is 0.0525. The molecule has 34 heavy (non-hydrogen) atoms. The second-order valence-corrected chi connectivity index (χ2v) is 8.11. The predicted octanol–water partition coefficient (Wildman–Crippen LogP) is 6.12. The van der Waals surface area contributed by atoms with Gasteiger partial charge < -0.3 is 14.6 Å². The van der Waals surface area contributed by atoms with Crippen molar-refractivity contribution >= 4 is 11.9 Å². The summed E-state index contributed by atoms with van der Waals surface area (Å²) in [5, 5.41) is 3.07. The molecule has 0 spiro atoms. The van der Waals surface area contributed by atoms with Gasteiger partial charge in [0, 0.05) is 16.9 Å². The van der Waals surface area contributed by atoms with E-state index in [9.17, 15) is 9.59 Å². The zero-order valence-electron chi connectivity index (χ0n) is 19.6. The Morgan fingerprint density at radius 1 is 0.912 bits per heavy atom. The highest BCUT2D eigenvalue weighted by Gasteiger charge is 2.21. The molecule has 0 saturated heterocycles. The number of hydrogen-bond donors (Lipinski definition) is 1. The molecule has 0 bridgehead atoms. The van der Waals surface area contributed by atoms with E-state index in [1.807, 2.05) is 103 Å². The van der Waals surface area contributed by atoms with Gasteiger partial charge in [0.2, 0.25) is 0 Å². The smallest absolute Gasteiger partial charge is 0.339 e. The second-order valence-electron chi connectivity index (χ2n) is 8.11. The average molecular weight is 453 g/mol. The number of aromatic nitrogens is 1. The van der Waals surface area contributed by atoms with E-state index in [0.717, 1.165) is 28.2 Å². The van der Waals surface area contributed by atoms with Crippen LogP contribution in [-0.4, -0.2) is 23.1 Å². The van der Waals surface area contributed by atoms with Crippen LogP contribution in [0.2, 0.25) is 0 Å². The monoisotopic (exact) mass is 452 g/mol. The minimum atomic E-state index is -0.360. The summed E-state index contributed by atoms with van der Waals surface area (Å²) >= 11 is 0. The summed E-state index contributed by atoms with van der Waals surface area (Å²) in [4.78, 5) is 25.7. The molecule has 1 heterocycles. The van der Waals surface area contributed by atoms with Crippen LogP contribution in [0.3, 0.4) is 0 Å². The van der Waals surface area contributed by atoms with Crippen LogP contribution in [-0.2, 0) is 4.74 Å². The third kappa shape index (κ3) is 4.79. The van der Waals surface area contributed by atoms with Gasteiger partial charge in [-0.1, -0.05) is 66.7 Å². The number of benzene rings is 3. The molecule has 1 N–H and O–H groups in total. The molecule has 4 rings (SSSR count). The van der Waals surface area contributed by atoms with Gasteiger partial charge in [0.25, 0.3) is 5.91 Å². The first kappa shape index (κ1) is 23.1. The minimum Gasteiger partial charge on any atom is -0.462 e. The standard InChI is InChI=1S/C29H28N2O3/c1-4-34-29(33)26-19-27(23-14-9-6-10-15-23)31(21(26)3)25-17-11-16-24(18-25)28(32)30-20(2)22-12-7-5-8-13-22/h5-20H,4H2,1-3H3,(H,30,32)/t20-/m1/s1. The summed E-state index contributed by atoms with van der Waals surface area (Å²) < 4.78 is 7.28. The van der Waals surface area contributed by atoms with Crippen LogP contribution < -0.4 is 5.32 Å². The number of hydrogen-bond acceptors (Lipinski definition) is 3. The van der Waals surface area contributed by atoms with Crippen LogP contribution in [0, 0.1) is 6.92 Å². The molecule has 0 aliphatic carbocycles. The van der Waals surface area contributed by atoms with Crippen LogP contribution in [0.5, 0.6) is 0 Å². The first-order chi connectivity index (χ1) is 16.5. The van der Waals surface area contributed by atoms with E-state index in [1.54, 1.807) is 13.0 Å². The van der Waals surface area contributed by atoms with Crippen molar-refractivity contribution in [3.8, 4) is 16.9 Å². The van der Waals surface area contributed by atoms with Crippen molar-refractivity contribution in [1.82, 2.24) is 9.88 Å². The van der Waals surface area contributed by atoms with Crippen LogP contribution in [0.15, 0.2) is 91.0 Å². The van der Waals surface area contributed by atoms with E-state index in [0.29, 0.717) is 17.7 Å². The largest absolute Gasteiger partial charge is 0.462 e. The summed E-state index contributed by atoms with van der Waals surface area (Å²) in [5.74, 6) is -0.517. The molecular formula is C29H28N2O3. The maximum atomic E-state index is 13.1. The Hall–Kier alpha value is -4.12. The number of carbonyl (C=O) groups is 2. The first-order valence-corrected chi connectivity index (χ1v) is 11.4. The van der Waals surface area contributed by atoms with E-state index in [-0.39, 0.29) is 17.9 Å². The van der Waals surface area contributed by atoms with Crippen LogP contribution in [0.25, 0.3) is 16.9 Å². The topological polar surface area (TPSA) is 60.3 Å². The Kier molecular flexibility index (Phi) is 6.93. The molecule has 0 saturated carbocycles. The van der Waals surface area contributed by atoms with Crippen molar-refractivity contribution in [3.63, 3.8) is 0 Å². The van der Waals surface area contributed by atoms with Crippen molar-refractivity contribution in [1.29, 1.82) is 0 Å². The molecule has 0 unspecified atom stereocenters. The van der Waals surface area contributed by atoms with E-state index in [1.165, 1.54) is 0 Å². The third-order valence-corrected chi connectivity index (χ3v) is 5.83. The lowest BCUT2D eigenvalue weighted by Crippen LogP contribution is -2.26. The summed E-state index contributed by atoms with van der Waals surface area (Å²) in [6.45, 7) is 5.95. The van der Waals surface area contributed by atoms with Crippen LogP contribution >= 0.6 is 0 Å². The van der Waals surface area contributed by atoms with Crippen molar-refractivity contribution < 1.29 is 14.3 Å². The molecule has 0 aliphatic rings. The number of amides is 1. The Labute approximate surface area is 200 Å². The molecule has 1 amide bonds. The normalized spacial score (nSPS) is 11.6. The van der Waals surface area contributed by atoms with Gasteiger partial charge >= 0.3 is 5.97 Å². The number of ether oxygens (including phenoxy) is 1. The third-order valence-electron chi connectivity index (χ3n) is 5.83. The van der Waals surface area contributed by atoms with Crippen molar-refractivity contribution in [2.45, 2.75) is 26.8 Å². The van der Waals surface area contributed by atoms with Gasteiger partial charge in [-0.25, -0.2) is 4.79 Å². The van der Waals surface area contributed by atoms with E-state index < -0.39 is 0 Å². The van der Waals surface area contributed by atoms with Crippen LogP contribution in [0.1, 0.15) is 51.9 Å². The average Bonchev–Trinajstić information content (AvgIpc) is 3.22. The summed E-state index contributed by atoms with van der Waals surface area (Å²) in [6.07, 6.45) is 0. The SMILES string of the molecule is CCOC(=O)c1cc(-c2ccccc2)n(-c2cccc(C(=O)N[C@H](C)c3ccccc3)c2)c1C. The van der Waals surface area contributed by atoms with Gasteiger partial charge in [0.1, 0.15) is 0 Å². The highest BCUT2D eigenvalue weighted by molar-refractivity contribution is 5.96. The fraction of sp³-hybridized carbons (Fsp3) is 0.172. The van der Waals surface area contributed by atoms with Gasteiger partial charge in [-0.15, -0.1) is 0 Å².